The lowest BCUT2D eigenvalue weighted by atomic mass is 9.78. The van der Waals surface area contributed by atoms with E-state index in [1.165, 1.54) is 0 Å². The van der Waals surface area contributed by atoms with Crippen LogP contribution >= 0.6 is 34.8 Å². The van der Waals surface area contributed by atoms with Gasteiger partial charge in [-0.05, 0) is 41.3 Å². The van der Waals surface area contributed by atoms with E-state index in [9.17, 15) is 5.11 Å². The van der Waals surface area contributed by atoms with Gasteiger partial charge in [-0.25, -0.2) is 0 Å². The highest BCUT2D eigenvalue weighted by molar-refractivity contribution is 6.37. The van der Waals surface area contributed by atoms with Crippen LogP contribution in [0, 0.1) is 5.92 Å². The molecule has 0 aliphatic rings. The number of alkyl halides is 1. The molecule has 0 spiro atoms. The monoisotopic (exact) mass is 458 g/mol. The third-order valence-electron chi connectivity index (χ3n) is 5.13. The Morgan fingerprint density at radius 2 is 1.55 bits per heavy atom. The molecule has 2 aromatic carbocycles. The Balaban J connectivity index is 2.19. The number of benzene rings is 2. The molecule has 0 fully saturated rings. The number of aliphatic hydroxyl groups excluding tert-OH is 1. The summed E-state index contributed by atoms with van der Waals surface area (Å²) in [5.74, 6) is 1.83. The van der Waals surface area contributed by atoms with Crippen LogP contribution in [0.25, 0.3) is 0 Å². The first-order chi connectivity index (χ1) is 13.7. The molecule has 0 saturated carbocycles. The summed E-state index contributed by atoms with van der Waals surface area (Å²) < 4.78 is 11.4. The molecule has 0 saturated heterocycles. The number of hydrogen-bond acceptors (Lipinski definition) is 3. The lowest BCUT2D eigenvalue weighted by Gasteiger charge is -2.27. The molecule has 0 aliphatic heterocycles. The molecule has 3 nitrogen and oxygen atoms in total. The van der Waals surface area contributed by atoms with Crippen molar-refractivity contribution in [3.8, 4) is 11.5 Å². The van der Waals surface area contributed by atoms with Gasteiger partial charge in [0.15, 0.2) is 5.75 Å². The van der Waals surface area contributed by atoms with Crippen LogP contribution < -0.4 is 9.47 Å². The van der Waals surface area contributed by atoms with Crippen molar-refractivity contribution < 1.29 is 14.6 Å². The predicted molar refractivity (Wildman–Crippen MR) is 122 cm³/mol. The van der Waals surface area contributed by atoms with Crippen LogP contribution in [-0.2, 0) is 5.41 Å². The summed E-state index contributed by atoms with van der Waals surface area (Å²) in [7, 11) is 0. The standard InChI is InChI=1S/C23H29Cl3O3/c1-5-15(2)13-28-19-8-6-16(7-9-19)23(3,4)17-10-20(25)22(21(26)11-17)29-14-18(27)12-24/h6-11,15,18,27H,5,12-14H2,1-4H3. The van der Waals surface area contributed by atoms with Crippen molar-refractivity contribution in [1.29, 1.82) is 0 Å². The molecule has 0 heterocycles. The molecule has 0 aliphatic carbocycles. The lowest BCUT2D eigenvalue weighted by Crippen LogP contribution is -2.20. The third kappa shape index (κ3) is 6.42. The topological polar surface area (TPSA) is 38.7 Å². The molecule has 0 amide bonds. The Morgan fingerprint density at radius 3 is 2.07 bits per heavy atom. The van der Waals surface area contributed by atoms with Crippen LogP contribution in [0.1, 0.15) is 45.2 Å². The summed E-state index contributed by atoms with van der Waals surface area (Å²) in [5, 5.41) is 10.4. The third-order valence-corrected chi connectivity index (χ3v) is 6.04. The quantitative estimate of drug-likeness (QED) is 0.401. The fraction of sp³-hybridized carbons (Fsp3) is 0.478. The van der Waals surface area contributed by atoms with Crippen molar-refractivity contribution in [2.75, 3.05) is 19.1 Å². The van der Waals surface area contributed by atoms with Crippen molar-refractivity contribution in [3.05, 3.63) is 57.6 Å². The predicted octanol–water partition coefficient (Wildman–Crippen LogP) is 6.72. The van der Waals surface area contributed by atoms with Crippen LogP contribution in [0.3, 0.4) is 0 Å². The summed E-state index contributed by atoms with van der Waals surface area (Å²) in [4.78, 5) is 0. The van der Waals surface area contributed by atoms with Gasteiger partial charge in [0.2, 0.25) is 0 Å². The number of rotatable bonds is 10. The van der Waals surface area contributed by atoms with Crippen LogP contribution in [0.5, 0.6) is 11.5 Å². The fourth-order valence-corrected chi connectivity index (χ4v) is 3.46. The highest BCUT2D eigenvalue weighted by Crippen LogP contribution is 2.40. The van der Waals surface area contributed by atoms with E-state index in [2.05, 4.69) is 39.8 Å². The largest absolute Gasteiger partial charge is 0.493 e. The van der Waals surface area contributed by atoms with Crippen LogP contribution in [-0.4, -0.2) is 30.3 Å². The first kappa shape index (κ1) is 24.1. The van der Waals surface area contributed by atoms with E-state index in [1.807, 2.05) is 24.3 Å². The maximum Gasteiger partial charge on any atom is 0.156 e. The van der Waals surface area contributed by atoms with Gasteiger partial charge in [0.1, 0.15) is 18.5 Å². The molecule has 0 aromatic heterocycles. The van der Waals surface area contributed by atoms with E-state index >= 15 is 0 Å². The summed E-state index contributed by atoms with van der Waals surface area (Å²) in [6, 6.07) is 11.8. The normalized spacial score (nSPS) is 13.8. The number of halogens is 3. The summed E-state index contributed by atoms with van der Waals surface area (Å²) in [6.45, 7) is 9.30. The van der Waals surface area contributed by atoms with Crippen molar-refractivity contribution in [3.63, 3.8) is 0 Å². The van der Waals surface area contributed by atoms with E-state index in [4.69, 9.17) is 44.3 Å². The van der Waals surface area contributed by atoms with Gasteiger partial charge >= 0.3 is 0 Å². The van der Waals surface area contributed by atoms with E-state index < -0.39 is 6.10 Å². The van der Waals surface area contributed by atoms with Crippen LogP contribution in [0.15, 0.2) is 36.4 Å². The van der Waals surface area contributed by atoms with E-state index in [1.54, 1.807) is 0 Å². The molecular formula is C23H29Cl3O3. The molecule has 1 N–H and O–H groups in total. The minimum atomic E-state index is -0.777. The fourth-order valence-electron chi connectivity index (χ4n) is 2.77. The molecule has 2 rings (SSSR count). The zero-order chi connectivity index (χ0) is 21.6. The van der Waals surface area contributed by atoms with Gasteiger partial charge in [-0.15, -0.1) is 11.6 Å². The highest BCUT2D eigenvalue weighted by atomic mass is 35.5. The van der Waals surface area contributed by atoms with Crippen molar-refractivity contribution in [2.45, 2.75) is 45.6 Å². The van der Waals surface area contributed by atoms with E-state index in [0.717, 1.165) is 23.3 Å². The van der Waals surface area contributed by atoms with E-state index in [0.29, 0.717) is 28.3 Å². The molecule has 2 unspecified atom stereocenters. The maximum atomic E-state index is 9.59. The Kier molecular flexibility index (Phi) is 8.96. The van der Waals surface area contributed by atoms with E-state index in [-0.39, 0.29) is 17.9 Å². The second kappa shape index (κ2) is 10.8. The molecule has 29 heavy (non-hydrogen) atoms. The Hall–Kier alpha value is -1.13. The average Bonchev–Trinajstić information content (AvgIpc) is 2.71. The lowest BCUT2D eigenvalue weighted by molar-refractivity contribution is 0.125. The number of aliphatic hydroxyl groups is 1. The molecular weight excluding hydrogens is 431 g/mol. The van der Waals surface area contributed by atoms with Gasteiger partial charge in [0.25, 0.3) is 0 Å². The molecule has 160 valence electrons. The summed E-state index contributed by atoms with van der Waals surface area (Å²) in [5.41, 5.74) is 1.76. The Bertz CT molecular complexity index is 767. The van der Waals surface area contributed by atoms with Gasteiger partial charge in [0, 0.05) is 5.41 Å². The molecule has 6 heteroatoms. The van der Waals surface area contributed by atoms with Crippen molar-refractivity contribution in [1.82, 2.24) is 0 Å². The minimum absolute atomic E-state index is 0.0315. The Labute approximate surface area is 188 Å². The number of ether oxygens (including phenoxy) is 2. The molecule has 0 radical (unpaired) electrons. The second-order valence-electron chi connectivity index (χ2n) is 7.86. The second-order valence-corrected chi connectivity index (χ2v) is 8.98. The van der Waals surface area contributed by atoms with Gasteiger partial charge < -0.3 is 14.6 Å². The van der Waals surface area contributed by atoms with Crippen LogP contribution in [0.4, 0.5) is 0 Å². The number of hydrogen-bond donors (Lipinski definition) is 1. The smallest absolute Gasteiger partial charge is 0.156 e. The van der Waals surface area contributed by atoms with Crippen molar-refractivity contribution >= 4 is 34.8 Å². The first-order valence-corrected chi connectivity index (χ1v) is 11.1. The van der Waals surface area contributed by atoms with Gasteiger partial charge in [0.05, 0.1) is 22.5 Å². The minimum Gasteiger partial charge on any atom is -0.493 e. The van der Waals surface area contributed by atoms with Gasteiger partial charge in [-0.1, -0.05) is 69.5 Å². The zero-order valence-corrected chi connectivity index (χ0v) is 19.6. The molecule has 2 atom stereocenters. The maximum absolute atomic E-state index is 9.59. The molecule has 2 aromatic rings. The van der Waals surface area contributed by atoms with Crippen molar-refractivity contribution in [2.24, 2.45) is 5.92 Å². The average molecular weight is 460 g/mol. The molecule has 0 bridgehead atoms. The van der Waals surface area contributed by atoms with Gasteiger partial charge in [-0.2, -0.15) is 0 Å². The Morgan fingerprint density at radius 1 is 0.966 bits per heavy atom. The SMILES string of the molecule is CCC(C)COc1ccc(C(C)(C)c2cc(Cl)c(OCC(O)CCl)c(Cl)c2)cc1. The summed E-state index contributed by atoms with van der Waals surface area (Å²) in [6.07, 6.45) is 0.318. The van der Waals surface area contributed by atoms with Crippen LogP contribution in [0.2, 0.25) is 10.0 Å². The first-order valence-electron chi connectivity index (χ1n) is 9.78. The van der Waals surface area contributed by atoms with Gasteiger partial charge in [-0.3, -0.25) is 0 Å². The zero-order valence-electron chi connectivity index (χ0n) is 17.3. The highest BCUT2D eigenvalue weighted by Gasteiger charge is 2.26. The summed E-state index contributed by atoms with van der Waals surface area (Å²) >= 11 is 18.4.